The molecule has 3 aromatic carbocycles. The predicted molar refractivity (Wildman–Crippen MR) is 171 cm³/mol. The third-order valence-electron chi connectivity index (χ3n) is 8.00. The minimum Gasteiger partial charge on any atom is -0.379 e. The molecular weight excluding hydrogens is 522 g/mol. The molecule has 8 heteroatoms. The lowest BCUT2D eigenvalue weighted by atomic mass is 9.87. The van der Waals surface area contributed by atoms with Crippen molar-refractivity contribution in [3.63, 3.8) is 0 Å². The zero-order chi connectivity index (χ0) is 29.1. The van der Waals surface area contributed by atoms with Crippen molar-refractivity contribution >= 4 is 28.1 Å². The number of benzene rings is 3. The molecule has 0 radical (unpaired) electrons. The first-order chi connectivity index (χ1) is 20.4. The van der Waals surface area contributed by atoms with E-state index >= 15 is 0 Å². The lowest BCUT2D eigenvalue weighted by Gasteiger charge is -2.36. The fraction of sp³-hybridized carbons (Fsp3) is 0.294. The normalized spacial score (nSPS) is 14.3. The molecule has 2 aromatic heterocycles. The minimum absolute atomic E-state index is 0.122. The Morgan fingerprint density at radius 3 is 2.45 bits per heavy atom. The van der Waals surface area contributed by atoms with E-state index in [4.69, 9.17) is 4.98 Å². The van der Waals surface area contributed by atoms with E-state index in [0.717, 1.165) is 72.0 Å². The zero-order valence-corrected chi connectivity index (χ0v) is 24.5. The van der Waals surface area contributed by atoms with Gasteiger partial charge in [0, 0.05) is 57.2 Å². The summed E-state index contributed by atoms with van der Waals surface area (Å²) in [6, 6.07) is 24.9. The maximum absolute atomic E-state index is 11.4. The first-order valence-corrected chi connectivity index (χ1v) is 14.5. The second kappa shape index (κ2) is 11.7. The number of rotatable bonds is 8. The highest BCUT2D eigenvalue weighted by Crippen LogP contribution is 2.31. The van der Waals surface area contributed by atoms with Gasteiger partial charge in [-0.2, -0.15) is 0 Å². The van der Waals surface area contributed by atoms with Crippen LogP contribution in [0.15, 0.2) is 90.4 Å². The van der Waals surface area contributed by atoms with Crippen LogP contribution in [0.5, 0.6) is 0 Å². The van der Waals surface area contributed by atoms with Gasteiger partial charge < -0.3 is 15.2 Å². The van der Waals surface area contributed by atoms with Gasteiger partial charge >= 0.3 is 0 Å². The Labute approximate surface area is 246 Å². The van der Waals surface area contributed by atoms with E-state index < -0.39 is 0 Å². The van der Waals surface area contributed by atoms with E-state index in [2.05, 4.69) is 93.5 Å². The number of para-hydroxylation sites is 1. The Hall–Kier alpha value is -4.56. The number of fused-ring (bicyclic) bond motifs is 1. The average Bonchev–Trinajstić information content (AvgIpc) is 3.46. The van der Waals surface area contributed by atoms with Crippen molar-refractivity contribution in [2.45, 2.75) is 39.3 Å². The number of imidazole rings is 1. The van der Waals surface area contributed by atoms with Gasteiger partial charge in [-0.15, -0.1) is 4.91 Å². The van der Waals surface area contributed by atoms with Crippen LogP contribution in [0.3, 0.4) is 0 Å². The van der Waals surface area contributed by atoms with Crippen LogP contribution >= 0.6 is 0 Å². The zero-order valence-electron chi connectivity index (χ0n) is 24.5. The van der Waals surface area contributed by atoms with Crippen molar-refractivity contribution in [3.8, 4) is 11.4 Å². The molecule has 42 heavy (non-hydrogen) atoms. The molecular formula is C34H37N7O. The molecule has 1 fully saturated rings. The number of nitrogens with zero attached hydrogens (tertiary/aromatic N) is 5. The van der Waals surface area contributed by atoms with Gasteiger partial charge in [0.15, 0.2) is 0 Å². The van der Waals surface area contributed by atoms with Crippen molar-refractivity contribution in [2.24, 2.45) is 5.18 Å². The van der Waals surface area contributed by atoms with Crippen molar-refractivity contribution < 1.29 is 0 Å². The number of aromatic nitrogens is 3. The highest BCUT2D eigenvalue weighted by Gasteiger charge is 2.21. The first kappa shape index (κ1) is 27.6. The average molecular weight is 560 g/mol. The first-order valence-electron chi connectivity index (χ1n) is 14.5. The lowest BCUT2D eigenvalue weighted by molar-refractivity contribution is 0.250. The largest absolute Gasteiger partial charge is 0.379 e. The Balaban J connectivity index is 1.12. The van der Waals surface area contributed by atoms with Gasteiger partial charge in [0.05, 0.1) is 16.9 Å². The summed E-state index contributed by atoms with van der Waals surface area (Å²) in [6.45, 7) is 11.8. The topological polar surface area (TPSA) is 89.5 Å². The summed E-state index contributed by atoms with van der Waals surface area (Å²) in [4.78, 5) is 29.1. The van der Waals surface area contributed by atoms with Gasteiger partial charge in [-0.05, 0) is 57.6 Å². The van der Waals surface area contributed by atoms with Crippen molar-refractivity contribution in [1.82, 2.24) is 19.9 Å². The Kier molecular flexibility index (Phi) is 7.71. The summed E-state index contributed by atoms with van der Waals surface area (Å²) in [5.41, 5.74) is 9.15. The number of hydrogen-bond donors (Lipinski definition) is 2. The molecule has 214 valence electrons. The maximum atomic E-state index is 11.4. The van der Waals surface area contributed by atoms with Crippen LogP contribution < -0.4 is 10.2 Å². The molecule has 0 atom stereocenters. The molecule has 0 saturated carbocycles. The van der Waals surface area contributed by atoms with E-state index in [-0.39, 0.29) is 5.41 Å². The summed E-state index contributed by atoms with van der Waals surface area (Å²) >= 11 is 0. The fourth-order valence-electron chi connectivity index (χ4n) is 5.54. The van der Waals surface area contributed by atoms with Crippen LogP contribution in [0.4, 0.5) is 17.1 Å². The molecule has 1 aliphatic heterocycles. The number of nitroso groups, excluding NO2 is 1. The standard InChI is InChI=1S/C34H37N7O/c1-34(2,3)27-12-10-26(11-13-27)33-37-29-7-4-8-31(32(29)38-33)41-18-16-40(17-19-41)23-24-9-14-28(39-42)30(20-24)36-22-25-6-5-15-35-21-25/h4-15,20-21,36H,16-19,22-23H2,1-3H3,(H,37,38). The van der Waals surface area contributed by atoms with E-state index in [1.165, 1.54) is 11.3 Å². The van der Waals surface area contributed by atoms with E-state index in [0.29, 0.717) is 12.2 Å². The molecule has 0 spiro atoms. The number of pyridine rings is 1. The highest BCUT2D eigenvalue weighted by molar-refractivity contribution is 5.91. The summed E-state index contributed by atoms with van der Waals surface area (Å²) in [6.07, 6.45) is 3.57. The number of H-pyrrole nitrogens is 1. The van der Waals surface area contributed by atoms with E-state index in [9.17, 15) is 4.91 Å². The van der Waals surface area contributed by atoms with Crippen LogP contribution in [0, 0.1) is 4.91 Å². The van der Waals surface area contributed by atoms with Crippen LogP contribution in [0.25, 0.3) is 22.4 Å². The number of aromatic amines is 1. The monoisotopic (exact) mass is 559 g/mol. The molecule has 0 bridgehead atoms. The quantitative estimate of drug-likeness (QED) is 0.195. The molecule has 1 saturated heterocycles. The molecule has 1 aliphatic rings. The van der Waals surface area contributed by atoms with Gasteiger partial charge in [0.1, 0.15) is 17.0 Å². The summed E-state index contributed by atoms with van der Waals surface area (Å²) < 4.78 is 0. The molecule has 2 N–H and O–H groups in total. The number of anilines is 2. The smallest absolute Gasteiger partial charge is 0.138 e. The van der Waals surface area contributed by atoms with Gasteiger partial charge in [-0.3, -0.25) is 9.88 Å². The third-order valence-corrected chi connectivity index (χ3v) is 8.00. The molecule has 0 unspecified atom stereocenters. The van der Waals surface area contributed by atoms with Gasteiger partial charge in [0.25, 0.3) is 0 Å². The molecule has 3 heterocycles. The molecule has 5 aromatic rings. The SMILES string of the molecule is CC(C)(C)c1ccc(-c2nc3c(N4CCN(Cc5ccc(N=O)c(NCc6cccnc6)c5)CC4)cccc3[nH]2)cc1. The Bertz CT molecular complexity index is 1660. The molecule has 6 rings (SSSR count). The Morgan fingerprint density at radius 2 is 1.74 bits per heavy atom. The number of piperazine rings is 1. The fourth-order valence-corrected chi connectivity index (χ4v) is 5.54. The maximum Gasteiger partial charge on any atom is 0.138 e. The minimum atomic E-state index is 0.122. The second-order valence-corrected chi connectivity index (χ2v) is 12.0. The van der Waals surface area contributed by atoms with Crippen molar-refractivity contribution in [1.29, 1.82) is 0 Å². The summed E-state index contributed by atoms with van der Waals surface area (Å²) in [5, 5.41) is 6.57. The van der Waals surface area contributed by atoms with Crippen LogP contribution in [-0.2, 0) is 18.5 Å². The Morgan fingerprint density at radius 1 is 0.929 bits per heavy atom. The van der Waals surface area contributed by atoms with Gasteiger partial charge in [-0.25, -0.2) is 4.98 Å². The highest BCUT2D eigenvalue weighted by atomic mass is 16.3. The van der Waals surface area contributed by atoms with E-state index in [1.807, 2.05) is 30.5 Å². The van der Waals surface area contributed by atoms with Crippen LogP contribution in [-0.4, -0.2) is 46.0 Å². The van der Waals surface area contributed by atoms with Gasteiger partial charge in [0.2, 0.25) is 0 Å². The lowest BCUT2D eigenvalue weighted by Crippen LogP contribution is -2.46. The van der Waals surface area contributed by atoms with Gasteiger partial charge in [-0.1, -0.05) is 63.2 Å². The third kappa shape index (κ3) is 6.04. The summed E-state index contributed by atoms with van der Waals surface area (Å²) in [5.74, 6) is 0.901. The predicted octanol–water partition coefficient (Wildman–Crippen LogP) is 7.25. The second-order valence-electron chi connectivity index (χ2n) is 12.0. The van der Waals surface area contributed by atoms with Crippen LogP contribution in [0.1, 0.15) is 37.5 Å². The van der Waals surface area contributed by atoms with E-state index in [1.54, 1.807) is 12.3 Å². The molecule has 0 amide bonds. The van der Waals surface area contributed by atoms with Crippen LogP contribution in [0.2, 0.25) is 0 Å². The van der Waals surface area contributed by atoms with Crippen molar-refractivity contribution in [2.75, 3.05) is 36.4 Å². The molecule has 0 aliphatic carbocycles. The number of hydrogen-bond acceptors (Lipinski definition) is 7. The van der Waals surface area contributed by atoms with Crippen molar-refractivity contribution in [3.05, 3.63) is 107 Å². The number of nitrogens with one attached hydrogen (secondary N) is 2. The molecule has 8 nitrogen and oxygen atoms in total. The summed E-state index contributed by atoms with van der Waals surface area (Å²) in [7, 11) is 0.